The number of imide groups is 2. The molecule has 8 nitrogen and oxygen atoms in total. The van der Waals surface area contributed by atoms with Crippen LogP contribution in [0.4, 0.5) is 0 Å². The largest absolute Gasteiger partial charge is 0.423 e. The van der Waals surface area contributed by atoms with Gasteiger partial charge in [-0.25, -0.2) is 4.79 Å². The highest BCUT2D eigenvalue weighted by Crippen LogP contribution is 2.68. The number of benzene rings is 3. The minimum Gasteiger partial charge on any atom is -0.423 e. The van der Waals surface area contributed by atoms with Gasteiger partial charge in [0.1, 0.15) is 5.75 Å². The number of ether oxygens (including phenoxy) is 1. The zero-order chi connectivity index (χ0) is 30.0. The van der Waals surface area contributed by atoms with Crippen LogP contribution in [0.25, 0.3) is 0 Å². The van der Waals surface area contributed by atoms with E-state index in [4.69, 9.17) is 4.74 Å². The average molecular weight is 575 g/mol. The van der Waals surface area contributed by atoms with Gasteiger partial charge in [0.2, 0.25) is 23.6 Å². The van der Waals surface area contributed by atoms with Gasteiger partial charge in [-0.1, -0.05) is 91.4 Å². The molecule has 0 spiro atoms. The van der Waals surface area contributed by atoms with E-state index in [-0.39, 0.29) is 30.5 Å². The monoisotopic (exact) mass is 574 g/mol. The fraction of sp³-hybridized carbons (Fsp3) is 0.286. The second-order valence-corrected chi connectivity index (χ2v) is 12.1. The number of allylic oxidation sites excluding steroid dienone is 1. The second kappa shape index (κ2) is 9.87. The first-order chi connectivity index (χ1) is 20.7. The van der Waals surface area contributed by atoms with Crippen molar-refractivity contribution < 1.29 is 28.7 Å². The van der Waals surface area contributed by atoms with Crippen LogP contribution in [-0.4, -0.2) is 39.4 Å². The summed E-state index contributed by atoms with van der Waals surface area (Å²) in [5.41, 5.74) is 0.895. The Labute approximate surface area is 248 Å². The van der Waals surface area contributed by atoms with Gasteiger partial charge in [-0.3, -0.25) is 29.0 Å². The first kappa shape index (κ1) is 27.0. The van der Waals surface area contributed by atoms with E-state index in [9.17, 15) is 24.0 Å². The number of esters is 1. The van der Waals surface area contributed by atoms with Crippen LogP contribution in [0.15, 0.2) is 102 Å². The SMILES string of the molecule is CC1=C(C(=O)Oc2ccccc2)C2(C)[C@@H]3C(=O)N(Cc4ccccc4)C(=O)[C@H]3C1[C@H]1C(=O)N(Cc3ccccc3)C(=O)[C@@H]12. The lowest BCUT2D eigenvalue weighted by atomic mass is 9.43. The van der Waals surface area contributed by atoms with Crippen molar-refractivity contribution in [1.29, 1.82) is 0 Å². The third-order valence-corrected chi connectivity index (χ3v) is 9.91. The van der Waals surface area contributed by atoms with Crippen LogP contribution in [0.3, 0.4) is 0 Å². The van der Waals surface area contributed by atoms with Gasteiger partial charge >= 0.3 is 5.97 Å². The van der Waals surface area contributed by atoms with Crippen molar-refractivity contribution in [2.75, 3.05) is 0 Å². The summed E-state index contributed by atoms with van der Waals surface area (Å²) in [6.45, 7) is 3.60. The van der Waals surface area contributed by atoms with Crippen LogP contribution in [0.1, 0.15) is 25.0 Å². The fourth-order valence-corrected chi connectivity index (χ4v) is 8.22. The molecule has 3 aromatic rings. The van der Waals surface area contributed by atoms with Crippen LogP contribution in [0, 0.1) is 35.0 Å². The molecule has 43 heavy (non-hydrogen) atoms. The molecule has 6 atom stereocenters. The number of amides is 4. The van der Waals surface area contributed by atoms with Gasteiger partial charge in [0.15, 0.2) is 0 Å². The average Bonchev–Trinajstić information content (AvgIpc) is 3.41. The molecule has 3 fully saturated rings. The van der Waals surface area contributed by atoms with Gasteiger partial charge in [0.25, 0.3) is 0 Å². The van der Waals surface area contributed by atoms with Gasteiger partial charge in [0.05, 0.1) is 36.8 Å². The summed E-state index contributed by atoms with van der Waals surface area (Å²) >= 11 is 0. The maximum absolute atomic E-state index is 14.3. The Morgan fingerprint density at radius 2 is 1.07 bits per heavy atom. The Bertz CT molecular complexity index is 1610. The van der Waals surface area contributed by atoms with E-state index >= 15 is 0 Å². The number of carbonyl (C=O) groups excluding carboxylic acids is 5. The third kappa shape index (κ3) is 3.85. The number of carbonyl (C=O) groups is 5. The van der Waals surface area contributed by atoms with Crippen molar-refractivity contribution in [2.24, 2.45) is 35.0 Å². The van der Waals surface area contributed by atoms with Crippen LogP contribution in [-0.2, 0) is 37.1 Å². The molecule has 3 aromatic carbocycles. The van der Waals surface area contributed by atoms with Gasteiger partial charge in [-0.05, 0) is 30.2 Å². The van der Waals surface area contributed by atoms with E-state index in [0.717, 1.165) is 11.1 Å². The van der Waals surface area contributed by atoms with Gasteiger partial charge in [0, 0.05) is 16.9 Å². The topological polar surface area (TPSA) is 101 Å². The molecule has 2 aliphatic heterocycles. The van der Waals surface area contributed by atoms with E-state index in [1.807, 2.05) is 60.7 Å². The quantitative estimate of drug-likeness (QED) is 0.249. The van der Waals surface area contributed by atoms with Crippen molar-refractivity contribution in [2.45, 2.75) is 26.9 Å². The summed E-state index contributed by atoms with van der Waals surface area (Å²) in [6, 6.07) is 27.0. The van der Waals surface area contributed by atoms with E-state index in [0.29, 0.717) is 11.3 Å². The molecule has 8 heteroatoms. The van der Waals surface area contributed by atoms with Gasteiger partial charge in [-0.15, -0.1) is 0 Å². The lowest BCUT2D eigenvalue weighted by Gasteiger charge is -2.55. The number of nitrogens with zero attached hydrogens (tertiary/aromatic N) is 2. The Kier molecular flexibility index (Phi) is 6.20. The first-order valence-electron chi connectivity index (χ1n) is 14.5. The summed E-state index contributed by atoms with van der Waals surface area (Å²) in [5, 5.41) is 0. The second-order valence-electron chi connectivity index (χ2n) is 12.1. The smallest absolute Gasteiger partial charge is 0.339 e. The zero-order valence-corrected chi connectivity index (χ0v) is 23.8. The lowest BCUT2D eigenvalue weighted by Crippen LogP contribution is -2.61. The molecule has 1 saturated carbocycles. The van der Waals surface area contributed by atoms with E-state index in [2.05, 4.69) is 0 Å². The minimum atomic E-state index is -1.43. The number of para-hydroxylation sites is 1. The van der Waals surface area contributed by atoms with E-state index < -0.39 is 52.8 Å². The Morgan fingerprint density at radius 1 is 0.651 bits per heavy atom. The molecule has 0 aromatic heterocycles. The van der Waals surface area contributed by atoms with E-state index in [1.165, 1.54) is 9.80 Å². The molecule has 2 heterocycles. The van der Waals surface area contributed by atoms with Gasteiger partial charge < -0.3 is 4.74 Å². The number of rotatable bonds is 6. The van der Waals surface area contributed by atoms with E-state index in [1.54, 1.807) is 44.2 Å². The molecule has 2 saturated heterocycles. The molecule has 8 rings (SSSR count). The summed E-state index contributed by atoms with van der Waals surface area (Å²) in [6.07, 6.45) is 0. The molecule has 2 unspecified atom stereocenters. The summed E-state index contributed by atoms with van der Waals surface area (Å²) < 4.78 is 5.79. The standard InChI is InChI=1S/C35H30N2O6/c1-20-24-25-28(32(40)36(30(25)38)18-21-12-6-3-7-13-21)35(2,27(20)34(42)43-23-16-10-5-11-17-23)29-26(24)31(39)37(33(29)41)19-22-14-8-4-9-15-22/h3-17,24-26,28-29H,18-19H2,1-2H3/t24?,25-,26+,28-,29+,35?. The van der Waals surface area contributed by atoms with Gasteiger partial charge in [-0.2, -0.15) is 0 Å². The number of hydrogen-bond donors (Lipinski definition) is 0. The van der Waals surface area contributed by atoms with Crippen molar-refractivity contribution in [3.8, 4) is 5.75 Å². The van der Waals surface area contributed by atoms with Crippen molar-refractivity contribution in [3.63, 3.8) is 0 Å². The molecule has 0 N–H and O–H groups in total. The van der Waals surface area contributed by atoms with Crippen LogP contribution in [0.5, 0.6) is 5.75 Å². The number of likely N-dealkylation sites (tertiary alicyclic amines) is 2. The Morgan fingerprint density at radius 3 is 1.51 bits per heavy atom. The maximum Gasteiger partial charge on any atom is 0.339 e. The Balaban J connectivity index is 1.34. The van der Waals surface area contributed by atoms with Crippen LogP contribution in [0.2, 0.25) is 0 Å². The summed E-state index contributed by atoms with van der Waals surface area (Å²) in [7, 11) is 0. The predicted molar refractivity (Wildman–Crippen MR) is 154 cm³/mol. The van der Waals surface area contributed by atoms with Crippen LogP contribution >= 0.6 is 0 Å². The first-order valence-corrected chi connectivity index (χ1v) is 14.5. The molecule has 3 aliphatic carbocycles. The summed E-state index contributed by atoms with van der Waals surface area (Å²) in [5.74, 6) is -6.40. The molecular formula is C35H30N2O6. The molecule has 2 bridgehead atoms. The van der Waals surface area contributed by atoms with Crippen molar-refractivity contribution in [1.82, 2.24) is 9.80 Å². The normalized spacial score (nSPS) is 29.3. The minimum absolute atomic E-state index is 0.0779. The number of hydrogen-bond acceptors (Lipinski definition) is 6. The fourth-order valence-electron chi connectivity index (χ4n) is 8.22. The summed E-state index contributed by atoms with van der Waals surface area (Å²) in [4.78, 5) is 73.2. The third-order valence-electron chi connectivity index (χ3n) is 9.91. The lowest BCUT2D eigenvalue weighted by molar-refractivity contribution is -0.152. The maximum atomic E-state index is 14.3. The Hall–Kier alpha value is -4.85. The molecule has 5 aliphatic rings. The highest BCUT2D eigenvalue weighted by atomic mass is 16.5. The molecule has 0 radical (unpaired) electrons. The molecular weight excluding hydrogens is 544 g/mol. The highest BCUT2D eigenvalue weighted by molar-refractivity contribution is 6.13. The van der Waals surface area contributed by atoms with Crippen molar-refractivity contribution >= 4 is 29.6 Å². The zero-order valence-electron chi connectivity index (χ0n) is 23.8. The predicted octanol–water partition coefficient (Wildman–Crippen LogP) is 4.16. The molecule has 216 valence electrons. The molecule has 4 amide bonds. The van der Waals surface area contributed by atoms with Crippen LogP contribution < -0.4 is 4.74 Å². The highest BCUT2D eigenvalue weighted by Gasteiger charge is 2.76. The van der Waals surface area contributed by atoms with Crippen molar-refractivity contribution in [3.05, 3.63) is 113 Å².